The lowest BCUT2D eigenvalue weighted by Gasteiger charge is -2.41. The summed E-state index contributed by atoms with van der Waals surface area (Å²) in [5.74, 6) is 0. The minimum absolute atomic E-state index is 0.0357. The molecule has 3 rings (SSSR count). The maximum atomic E-state index is 5.94. The maximum absolute atomic E-state index is 5.94. The number of hydrogen-bond donors (Lipinski definition) is 1. The molecular formula is C15H21NO. The van der Waals surface area contributed by atoms with Crippen LogP contribution < -0.4 is 5.73 Å². The lowest BCUT2D eigenvalue weighted by molar-refractivity contribution is 0.0788. The first-order valence-corrected chi connectivity index (χ1v) is 6.61. The maximum Gasteiger partial charge on any atom is 0.0929 e. The van der Waals surface area contributed by atoms with Crippen LogP contribution in [0.3, 0.4) is 0 Å². The molecule has 92 valence electrons. The predicted octanol–water partition coefficient (Wildman–Crippen LogP) is 2.70. The molecule has 2 nitrogen and oxygen atoms in total. The summed E-state index contributed by atoms with van der Waals surface area (Å²) in [5.41, 5.74) is 9.00. The predicted molar refractivity (Wildman–Crippen MR) is 68.9 cm³/mol. The second-order valence-electron chi connectivity index (χ2n) is 5.61. The van der Waals surface area contributed by atoms with Crippen molar-refractivity contribution in [3.05, 3.63) is 35.4 Å². The van der Waals surface area contributed by atoms with Gasteiger partial charge in [0.15, 0.2) is 0 Å². The summed E-state index contributed by atoms with van der Waals surface area (Å²) in [6, 6.07) is 9.00. The van der Waals surface area contributed by atoms with E-state index in [4.69, 9.17) is 10.5 Å². The van der Waals surface area contributed by atoms with Gasteiger partial charge >= 0.3 is 0 Å². The van der Waals surface area contributed by atoms with Crippen molar-refractivity contribution < 1.29 is 4.74 Å². The van der Waals surface area contributed by atoms with E-state index in [0.29, 0.717) is 0 Å². The molecule has 0 amide bonds. The summed E-state index contributed by atoms with van der Waals surface area (Å²) in [6.07, 6.45) is 6.13. The van der Waals surface area contributed by atoms with Gasteiger partial charge in [-0.1, -0.05) is 30.7 Å². The van der Waals surface area contributed by atoms with Gasteiger partial charge < -0.3 is 10.5 Å². The molecule has 2 N–H and O–H groups in total. The minimum Gasteiger partial charge on any atom is -0.374 e. The van der Waals surface area contributed by atoms with Crippen LogP contribution in [-0.4, -0.2) is 13.7 Å². The third-order valence-corrected chi connectivity index (χ3v) is 4.82. The van der Waals surface area contributed by atoms with Gasteiger partial charge in [-0.2, -0.15) is 0 Å². The van der Waals surface area contributed by atoms with Gasteiger partial charge in [0.1, 0.15) is 0 Å². The highest BCUT2D eigenvalue weighted by atomic mass is 16.5. The monoisotopic (exact) mass is 231 g/mol. The lowest BCUT2D eigenvalue weighted by atomic mass is 9.64. The van der Waals surface area contributed by atoms with Crippen molar-refractivity contribution >= 4 is 0 Å². The zero-order valence-electron chi connectivity index (χ0n) is 10.5. The van der Waals surface area contributed by atoms with E-state index in [-0.39, 0.29) is 11.0 Å². The Balaban J connectivity index is 1.85. The molecule has 0 aliphatic heterocycles. The van der Waals surface area contributed by atoms with E-state index in [1.807, 2.05) is 7.11 Å². The second kappa shape index (κ2) is 3.82. The van der Waals surface area contributed by atoms with Gasteiger partial charge in [0.2, 0.25) is 0 Å². The van der Waals surface area contributed by atoms with Crippen molar-refractivity contribution in [2.75, 3.05) is 13.7 Å². The highest BCUT2D eigenvalue weighted by Crippen LogP contribution is 2.49. The lowest BCUT2D eigenvalue weighted by Crippen LogP contribution is -2.41. The van der Waals surface area contributed by atoms with Crippen molar-refractivity contribution in [1.29, 1.82) is 0 Å². The van der Waals surface area contributed by atoms with Gasteiger partial charge in [-0.25, -0.2) is 0 Å². The zero-order chi connectivity index (χ0) is 11.9. The largest absolute Gasteiger partial charge is 0.374 e. The quantitative estimate of drug-likeness (QED) is 0.864. The molecule has 0 bridgehead atoms. The SMILES string of the molecule is COC1(c2ccc(C3(CN)CCC3)cc2)CC1. The molecule has 0 spiro atoms. The molecule has 2 aliphatic carbocycles. The van der Waals surface area contributed by atoms with Crippen LogP contribution in [0.4, 0.5) is 0 Å². The average molecular weight is 231 g/mol. The van der Waals surface area contributed by atoms with Crippen molar-refractivity contribution in [2.24, 2.45) is 5.73 Å². The third kappa shape index (κ3) is 1.62. The molecule has 0 unspecified atom stereocenters. The van der Waals surface area contributed by atoms with Gasteiger partial charge in [-0.15, -0.1) is 0 Å². The number of ether oxygens (including phenoxy) is 1. The van der Waals surface area contributed by atoms with Gasteiger partial charge in [-0.3, -0.25) is 0 Å². The number of benzene rings is 1. The van der Waals surface area contributed by atoms with Crippen LogP contribution in [-0.2, 0) is 15.8 Å². The molecule has 0 saturated heterocycles. The fourth-order valence-electron chi connectivity index (χ4n) is 3.07. The van der Waals surface area contributed by atoms with Crippen LogP contribution in [0.1, 0.15) is 43.2 Å². The molecule has 0 aromatic heterocycles. The summed E-state index contributed by atoms with van der Waals surface area (Å²) < 4.78 is 5.60. The van der Waals surface area contributed by atoms with E-state index in [2.05, 4.69) is 24.3 Å². The molecule has 17 heavy (non-hydrogen) atoms. The Morgan fingerprint density at radius 3 is 2.00 bits per heavy atom. The van der Waals surface area contributed by atoms with Crippen molar-refractivity contribution in [1.82, 2.24) is 0 Å². The molecule has 2 heteroatoms. The van der Waals surface area contributed by atoms with Crippen LogP contribution in [0.15, 0.2) is 24.3 Å². The summed E-state index contributed by atoms with van der Waals surface area (Å²) >= 11 is 0. The van der Waals surface area contributed by atoms with Crippen molar-refractivity contribution in [3.63, 3.8) is 0 Å². The van der Waals surface area contributed by atoms with Gasteiger partial charge in [-0.05, 0) is 36.8 Å². The molecule has 0 atom stereocenters. The van der Waals surface area contributed by atoms with E-state index in [0.717, 1.165) is 19.4 Å². The molecule has 1 aromatic rings. The van der Waals surface area contributed by atoms with Crippen LogP contribution in [0.5, 0.6) is 0 Å². The Bertz CT molecular complexity index is 396. The highest BCUT2D eigenvalue weighted by molar-refractivity contribution is 5.36. The molecule has 0 heterocycles. The Hall–Kier alpha value is -0.860. The van der Waals surface area contributed by atoms with Crippen LogP contribution >= 0.6 is 0 Å². The molecule has 0 radical (unpaired) electrons. The van der Waals surface area contributed by atoms with Crippen molar-refractivity contribution in [2.45, 2.75) is 43.1 Å². The van der Waals surface area contributed by atoms with E-state index in [9.17, 15) is 0 Å². The Morgan fingerprint density at radius 2 is 1.65 bits per heavy atom. The zero-order valence-corrected chi connectivity index (χ0v) is 10.5. The first-order valence-electron chi connectivity index (χ1n) is 6.61. The summed E-state index contributed by atoms with van der Waals surface area (Å²) in [4.78, 5) is 0. The summed E-state index contributed by atoms with van der Waals surface area (Å²) in [7, 11) is 1.81. The third-order valence-electron chi connectivity index (χ3n) is 4.82. The van der Waals surface area contributed by atoms with E-state index < -0.39 is 0 Å². The van der Waals surface area contributed by atoms with E-state index >= 15 is 0 Å². The fraction of sp³-hybridized carbons (Fsp3) is 0.600. The van der Waals surface area contributed by atoms with Crippen molar-refractivity contribution in [3.8, 4) is 0 Å². The van der Waals surface area contributed by atoms with E-state index in [1.165, 1.54) is 30.4 Å². The van der Waals surface area contributed by atoms with Crippen LogP contribution in [0.25, 0.3) is 0 Å². The first kappa shape index (κ1) is 11.2. The molecule has 1 aromatic carbocycles. The Labute approximate surface area is 103 Å². The van der Waals surface area contributed by atoms with Gasteiger partial charge in [0.05, 0.1) is 5.60 Å². The Morgan fingerprint density at radius 1 is 1.06 bits per heavy atom. The normalized spacial score (nSPS) is 24.1. The minimum atomic E-state index is 0.0357. The standard InChI is InChI=1S/C15H21NO/c1-17-15(9-10-15)13-5-3-12(4-6-13)14(11-16)7-2-8-14/h3-6H,2,7-11,16H2,1H3. The number of methoxy groups -OCH3 is 1. The van der Waals surface area contributed by atoms with Gasteiger partial charge in [0.25, 0.3) is 0 Å². The van der Waals surface area contributed by atoms with Crippen LogP contribution in [0, 0.1) is 0 Å². The van der Waals surface area contributed by atoms with Gasteiger partial charge in [0, 0.05) is 19.1 Å². The molecule has 2 aliphatic rings. The molecular weight excluding hydrogens is 210 g/mol. The van der Waals surface area contributed by atoms with Crippen LogP contribution in [0.2, 0.25) is 0 Å². The number of nitrogens with two attached hydrogens (primary N) is 1. The fourth-order valence-corrected chi connectivity index (χ4v) is 3.07. The smallest absolute Gasteiger partial charge is 0.0929 e. The first-order chi connectivity index (χ1) is 8.25. The number of hydrogen-bond acceptors (Lipinski definition) is 2. The topological polar surface area (TPSA) is 35.2 Å². The molecule has 2 saturated carbocycles. The number of rotatable bonds is 4. The average Bonchev–Trinajstić information content (AvgIpc) is 3.10. The summed E-state index contributed by atoms with van der Waals surface area (Å²) in [6.45, 7) is 0.780. The second-order valence-corrected chi connectivity index (χ2v) is 5.61. The molecule has 2 fully saturated rings. The Kier molecular flexibility index (Phi) is 2.53. The highest BCUT2D eigenvalue weighted by Gasteiger charge is 2.45. The summed E-state index contributed by atoms with van der Waals surface area (Å²) in [5, 5.41) is 0. The van der Waals surface area contributed by atoms with E-state index in [1.54, 1.807) is 0 Å².